The van der Waals surface area contributed by atoms with Gasteiger partial charge in [-0.3, -0.25) is 9.59 Å². The fraction of sp³-hybridized carbons (Fsp3) is 0. The van der Waals surface area contributed by atoms with Gasteiger partial charge < -0.3 is 4.42 Å². The minimum atomic E-state index is -0.435. The van der Waals surface area contributed by atoms with Crippen LogP contribution in [0.4, 0.5) is 4.39 Å². The Hall–Kier alpha value is -3.27. The molecule has 1 aliphatic carbocycles. The maximum atomic E-state index is 13.0. The highest BCUT2D eigenvalue weighted by Gasteiger charge is 2.17. The fourth-order valence-corrected chi connectivity index (χ4v) is 2.69. The number of carbonyl (C=O) groups excluding carboxylic acids is 1. The number of para-hydroxylation sites is 1. The molecule has 1 aliphatic heterocycles. The lowest BCUT2D eigenvalue weighted by Gasteiger charge is -2.08. The molecule has 0 spiro atoms. The predicted molar refractivity (Wildman–Crippen MR) is 88.9 cm³/mol. The van der Waals surface area contributed by atoms with Crippen molar-refractivity contribution in [2.24, 2.45) is 0 Å². The normalized spacial score (nSPS) is 11.0. The molecule has 4 rings (SSSR count). The summed E-state index contributed by atoms with van der Waals surface area (Å²) >= 11 is 0. The summed E-state index contributed by atoms with van der Waals surface area (Å²) < 4.78 is 18.7. The number of halogens is 1. The van der Waals surface area contributed by atoms with Crippen molar-refractivity contribution in [3.05, 3.63) is 93.9 Å². The SMILES string of the molecule is O=C(c1ccc(F)cc1)c1cc2cc3ccccc3oc-2cc1=O. The second-order valence-corrected chi connectivity index (χ2v) is 5.51. The number of fused-ring (bicyclic) bond motifs is 2. The summed E-state index contributed by atoms with van der Waals surface area (Å²) in [6.07, 6.45) is 0. The van der Waals surface area contributed by atoms with E-state index in [0.717, 1.165) is 5.39 Å². The van der Waals surface area contributed by atoms with E-state index in [1.807, 2.05) is 30.3 Å². The zero-order chi connectivity index (χ0) is 16.7. The van der Waals surface area contributed by atoms with Gasteiger partial charge in [-0.25, -0.2) is 4.39 Å². The lowest BCUT2D eigenvalue weighted by Crippen LogP contribution is -2.15. The zero-order valence-electron chi connectivity index (χ0n) is 12.5. The molecule has 0 aromatic heterocycles. The standard InChI is InChI=1S/C20H11FO3/c21-15-7-5-12(6-8-15)20(23)16-10-14-9-13-3-1-2-4-18(13)24-19(14)11-17(16)22/h1-11H. The Labute approximate surface area is 136 Å². The van der Waals surface area contributed by atoms with Crippen molar-refractivity contribution in [1.82, 2.24) is 0 Å². The highest BCUT2D eigenvalue weighted by Crippen LogP contribution is 2.28. The first kappa shape index (κ1) is 14.3. The number of hydrogen-bond acceptors (Lipinski definition) is 3. The van der Waals surface area contributed by atoms with E-state index < -0.39 is 17.0 Å². The molecule has 3 nitrogen and oxygen atoms in total. The van der Waals surface area contributed by atoms with Crippen LogP contribution in [0.3, 0.4) is 0 Å². The number of rotatable bonds is 2. The van der Waals surface area contributed by atoms with E-state index in [-0.39, 0.29) is 11.1 Å². The second-order valence-electron chi connectivity index (χ2n) is 5.51. The monoisotopic (exact) mass is 318 g/mol. The summed E-state index contributed by atoms with van der Waals surface area (Å²) in [6.45, 7) is 0. The van der Waals surface area contributed by atoms with Crippen molar-refractivity contribution in [3.63, 3.8) is 0 Å². The van der Waals surface area contributed by atoms with E-state index in [0.29, 0.717) is 16.9 Å². The summed E-state index contributed by atoms with van der Waals surface area (Å²) in [4.78, 5) is 24.8. The van der Waals surface area contributed by atoms with Crippen molar-refractivity contribution >= 4 is 16.8 Å². The summed E-state index contributed by atoms with van der Waals surface area (Å²) in [5, 5.41) is 0.879. The van der Waals surface area contributed by atoms with Gasteiger partial charge in [-0.1, -0.05) is 18.2 Å². The van der Waals surface area contributed by atoms with Gasteiger partial charge in [0.15, 0.2) is 11.2 Å². The van der Waals surface area contributed by atoms with Crippen LogP contribution >= 0.6 is 0 Å². The Kier molecular flexibility index (Phi) is 3.24. The summed E-state index contributed by atoms with van der Waals surface area (Å²) in [5.41, 5.74) is 1.22. The molecule has 116 valence electrons. The average Bonchev–Trinajstić information content (AvgIpc) is 2.59. The molecule has 0 saturated carbocycles. The largest absolute Gasteiger partial charge is 0.456 e. The van der Waals surface area contributed by atoms with Crippen molar-refractivity contribution < 1.29 is 13.6 Å². The lowest BCUT2D eigenvalue weighted by molar-refractivity contribution is 0.103. The van der Waals surface area contributed by atoms with E-state index in [4.69, 9.17) is 4.42 Å². The quantitative estimate of drug-likeness (QED) is 0.410. The van der Waals surface area contributed by atoms with Crippen LogP contribution in [0.25, 0.3) is 22.3 Å². The highest BCUT2D eigenvalue weighted by atomic mass is 19.1. The Morgan fingerprint density at radius 2 is 1.67 bits per heavy atom. The van der Waals surface area contributed by atoms with Crippen LogP contribution in [0.2, 0.25) is 0 Å². The van der Waals surface area contributed by atoms with Gasteiger partial charge in [-0.15, -0.1) is 0 Å². The van der Waals surface area contributed by atoms with Crippen LogP contribution in [-0.4, -0.2) is 5.78 Å². The minimum absolute atomic E-state index is 0.0413. The second kappa shape index (κ2) is 5.42. The maximum Gasteiger partial charge on any atom is 0.196 e. The first-order valence-electron chi connectivity index (χ1n) is 7.39. The summed E-state index contributed by atoms with van der Waals surface area (Å²) in [7, 11) is 0. The third kappa shape index (κ3) is 2.38. The molecule has 0 saturated heterocycles. The van der Waals surface area contributed by atoms with Gasteiger partial charge in [0.2, 0.25) is 0 Å². The number of benzene rings is 3. The van der Waals surface area contributed by atoms with E-state index in [1.165, 1.54) is 36.4 Å². The number of hydrogen-bond donors (Lipinski definition) is 0. The van der Waals surface area contributed by atoms with Crippen molar-refractivity contribution in [2.75, 3.05) is 0 Å². The van der Waals surface area contributed by atoms with Crippen LogP contribution in [0.1, 0.15) is 15.9 Å². The predicted octanol–water partition coefficient (Wildman–Crippen LogP) is 4.27. The molecule has 24 heavy (non-hydrogen) atoms. The molecule has 0 atom stereocenters. The van der Waals surface area contributed by atoms with Gasteiger partial charge in [0.25, 0.3) is 0 Å². The van der Waals surface area contributed by atoms with Crippen LogP contribution in [0.5, 0.6) is 0 Å². The molecule has 2 aromatic carbocycles. The smallest absolute Gasteiger partial charge is 0.196 e. The molecule has 0 unspecified atom stereocenters. The van der Waals surface area contributed by atoms with E-state index in [9.17, 15) is 14.0 Å². The van der Waals surface area contributed by atoms with Crippen LogP contribution < -0.4 is 5.43 Å². The topological polar surface area (TPSA) is 47.3 Å². The molecular formula is C20H11FO3. The zero-order valence-corrected chi connectivity index (χ0v) is 12.5. The van der Waals surface area contributed by atoms with Crippen LogP contribution in [0, 0.1) is 5.82 Å². The van der Waals surface area contributed by atoms with Crippen molar-refractivity contribution in [2.45, 2.75) is 0 Å². The molecule has 0 N–H and O–H groups in total. The Morgan fingerprint density at radius 3 is 2.46 bits per heavy atom. The Balaban J connectivity index is 1.90. The molecule has 0 radical (unpaired) electrons. The molecule has 0 amide bonds. The molecule has 0 fully saturated rings. The Bertz CT molecular complexity index is 1090. The van der Waals surface area contributed by atoms with Gasteiger partial charge in [0, 0.05) is 22.6 Å². The van der Waals surface area contributed by atoms with Crippen LogP contribution in [-0.2, 0) is 0 Å². The molecule has 1 heterocycles. The number of carbonyl (C=O) groups is 1. The highest BCUT2D eigenvalue weighted by molar-refractivity contribution is 6.09. The molecule has 2 aliphatic rings. The third-order valence-electron chi connectivity index (χ3n) is 3.91. The fourth-order valence-electron chi connectivity index (χ4n) is 2.69. The lowest BCUT2D eigenvalue weighted by atomic mass is 9.98. The molecule has 2 aromatic rings. The average molecular weight is 318 g/mol. The van der Waals surface area contributed by atoms with E-state index in [1.54, 1.807) is 0 Å². The summed E-state index contributed by atoms with van der Waals surface area (Å²) in [5.74, 6) is -0.443. The van der Waals surface area contributed by atoms with Gasteiger partial charge in [0.1, 0.15) is 17.2 Å². The molecule has 0 bridgehead atoms. The molecular weight excluding hydrogens is 307 g/mol. The van der Waals surface area contributed by atoms with Crippen molar-refractivity contribution in [1.29, 1.82) is 0 Å². The van der Waals surface area contributed by atoms with Crippen LogP contribution in [0.15, 0.2) is 75.9 Å². The van der Waals surface area contributed by atoms with Crippen molar-refractivity contribution in [3.8, 4) is 11.3 Å². The Morgan fingerprint density at radius 1 is 0.917 bits per heavy atom. The molecule has 4 heteroatoms. The van der Waals surface area contributed by atoms with Gasteiger partial charge in [-0.2, -0.15) is 0 Å². The number of ketones is 1. The van der Waals surface area contributed by atoms with Gasteiger partial charge >= 0.3 is 0 Å². The summed E-state index contributed by atoms with van der Waals surface area (Å²) in [6, 6.07) is 17.3. The first-order valence-corrected chi connectivity index (χ1v) is 7.39. The maximum absolute atomic E-state index is 13.0. The van der Waals surface area contributed by atoms with Gasteiger partial charge in [0.05, 0.1) is 5.56 Å². The first-order chi connectivity index (χ1) is 11.6. The van der Waals surface area contributed by atoms with E-state index >= 15 is 0 Å². The van der Waals surface area contributed by atoms with Gasteiger partial charge in [-0.05, 0) is 42.5 Å². The third-order valence-corrected chi connectivity index (χ3v) is 3.91. The van der Waals surface area contributed by atoms with E-state index in [2.05, 4.69) is 0 Å². The minimum Gasteiger partial charge on any atom is -0.456 e.